The number of hydrogen-bond donors (Lipinski definition) is 0. The maximum absolute atomic E-state index is 8.45. The molecule has 4 heteroatoms. The molecule has 4 nitrogen and oxygen atoms in total. The Hall–Kier alpha value is -1.89. The summed E-state index contributed by atoms with van der Waals surface area (Å²) in [5, 5.41) is 8.45. The molecule has 0 spiro atoms. The fraction of sp³-hybridized carbons (Fsp3) is 0. The molecule has 0 radical (unpaired) electrons. The summed E-state index contributed by atoms with van der Waals surface area (Å²) in [6, 6.07) is 3.46. The van der Waals surface area contributed by atoms with Crippen LogP contribution in [-0.4, -0.2) is 9.97 Å². The molecule has 2 aromatic rings. The van der Waals surface area contributed by atoms with Gasteiger partial charge in [-0.2, -0.15) is 5.26 Å². The molecule has 0 saturated carbocycles. The van der Waals surface area contributed by atoms with Gasteiger partial charge in [0.1, 0.15) is 17.9 Å². The summed E-state index contributed by atoms with van der Waals surface area (Å²) in [6.07, 6.45) is 2.95. The number of aromatic nitrogens is 2. The van der Waals surface area contributed by atoms with Gasteiger partial charge in [-0.15, -0.1) is 0 Å². The molecule has 2 aromatic heterocycles. The average Bonchev–Trinajstić information content (AvgIpc) is 2.46. The fourth-order valence-electron chi connectivity index (χ4n) is 0.841. The molecule has 0 bridgehead atoms. The molecule has 11 heavy (non-hydrogen) atoms. The van der Waals surface area contributed by atoms with Crippen molar-refractivity contribution in [3.05, 3.63) is 24.4 Å². The highest BCUT2D eigenvalue weighted by Gasteiger charge is 2.01. The molecule has 2 rings (SSSR count). The van der Waals surface area contributed by atoms with Crippen molar-refractivity contribution < 1.29 is 4.42 Å². The number of rotatable bonds is 0. The predicted octanol–water partition coefficient (Wildman–Crippen LogP) is 1.09. The summed E-state index contributed by atoms with van der Waals surface area (Å²) in [7, 11) is 0. The van der Waals surface area contributed by atoms with E-state index in [0.29, 0.717) is 11.1 Å². The third-order valence-corrected chi connectivity index (χ3v) is 1.31. The van der Waals surface area contributed by atoms with Crippen LogP contribution in [0, 0.1) is 11.3 Å². The maximum atomic E-state index is 8.45. The van der Waals surface area contributed by atoms with E-state index in [0.717, 1.165) is 0 Å². The first-order valence-corrected chi connectivity index (χ1v) is 3.00. The minimum absolute atomic E-state index is 0.264. The van der Waals surface area contributed by atoms with Crippen LogP contribution in [-0.2, 0) is 0 Å². The van der Waals surface area contributed by atoms with Gasteiger partial charge in [0.25, 0.3) is 0 Å². The Balaban J connectivity index is 2.81. The molecule has 0 aliphatic heterocycles. The van der Waals surface area contributed by atoms with E-state index in [2.05, 4.69) is 9.97 Å². The van der Waals surface area contributed by atoms with Crippen LogP contribution in [0.5, 0.6) is 0 Å². The van der Waals surface area contributed by atoms with Crippen LogP contribution in [0.1, 0.15) is 5.76 Å². The molecule has 0 N–H and O–H groups in total. The smallest absolute Gasteiger partial charge is 0.206 e. The number of nitrogens with zero attached hydrogens (tertiary/aromatic N) is 3. The van der Waals surface area contributed by atoms with Gasteiger partial charge in [0.05, 0.1) is 6.20 Å². The van der Waals surface area contributed by atoms with Crippen LogP contribution in [0.25, 0.3) is 11.1 Å². The van der Waals surface area contributed by atoms with Crippen LogP contribution in [0.3, 0.4) is 0 Å². The molecule has 52 valence electrons. The highest BCUT2D eigenvalue weighted by molar-refractivity contribution is 5.72. The SMILES string of the molecule is N#Cc1cc2ncncc2o1. The van der Waals surface area contributed by atoms with Gasteiger partial charge in [0.2, 0.25) is 5.76 Å². The molecule has 0 aromatic carbocycles. The Kier molecular flexibility index (Phi) is 1.10. The number of nitriles is 1. The summed E-state index contributed by atoms with van der Waals surface area (Å²) in [4.78, 5) is 7.64. The van der Waals surface area contributed by atoms with Gasteiger partial charge in [-0.05, 0) is 0 Å². The Morgan fingerprint density at radius 3 is 3.18 bits per heavy atom. The molecule has 0 aliphatic carbocycles. The van der Waals surface area contributed by atoms with Gasteiger partial charge >= 0.3 is 0 Å². The summed E-state index contributed by atoms with van der Waals surface area (Å²) in [5.41, 5.74) is 1.21. The highest BCUT2D eigenvalue weighted by atomic mass is 16.3. The molecule has 0 unspecified atom stereocenters. The van der Waals surface area contributed by atoms with Gasteiger partial charge in [0, 0.05) is 6.07 Å². The van der Waals surface area contributed by atoms with E-state index in [1.165, 1.54) is 12.5 Å². The lowest BCUT2D eigenvalue weighted by atomic mass is 10.4. The molecule has 0 aliphatic rings. The van der Waals surface area contributed by atoms with Crippen LogP contribution in [0.2, 0.25) is 0 Å². The van der Waals surface area contributed by atoms with Crippen LogP contribution in [0.15, 0.2) is 23.0 Å². The third kappa shape index (κ3) is 0.829. The van der Waals surface area contributed by atoms with E-state index in [4.69, 9.17) is 9.68 Å². The second-order valence-corrected chi connectivity index (χ2v) is 1.99. The lowest BCUT2D eigenvalue weighted by molar-refractivity contribution is 0.597. The zero-order valence-corrected chi connectivity index (χ0v) is 5.48. The quantitative estimate of drug-likeness (QED) is 0.556. The topological polar surface area (TPSA) is 62.7 Å². The van der Waals surface area contributed by atoms with Gasteiger partial charge in [-0.3, -0.25) is 0 Å². The lowest BCUT2D eigenvalue weighted by Crippen LogP contribution is -1.72. The second kappa shape index (κ2) is 2.06. The van der Waals surface area contributed by atoms with Crippen molar-refractivity contribution in [3.63, 3.8) is 0 Å². The van der Waals surface area contributed by atoms with Gasteiger partial charge in [-0.1, -0.05) is 0 Å². The van der Waals surface area contributed by atoms with Crippen molar-refractivity contribution in [2.75, 3.05) is 0 Å². The zero-order chi connectivity index (χ0) is 7.68. The summed E-state index contributed by atoms with van der Waals surface area (Å²) in [6.45, 7) is 0. The summed E-state index contributed by atoms with van der Waals surface area (Å²) < 4.78 is 5.03. The largest absolute Gasteiger partial charge is 0.442 e. The van der Waals surface area contributed by atoms with E-state index in [1.54, 1.807) is 6.07 Å². The Morgan fingerprint density at radius 1 is 1.55 bits per heavy atom. The van der Waals surface area contributed by atoms with Gasteiger partial charge < -0.3 is 4.42 Å². The van der Waals surface area contributed by atoms with Crippen molar-refractivity contribution in [2.24, 2.45) is 0 Å². The third-order valence-electron chi connectivity index (χ3n) is 1.31. The van der Waals surface area contributed by atoms with Crippen LogP contribution < -0.4 is 0 Å². The zero-order valence-electron chi connectivity index (χ0n) is 5.48. The number of furan rings is 1. The summed E-state index contributed by atoms with van der Waals surface area (Å²) >= 11 is 0. The lowest BCUT2D eigenvalue weighted by Gasteiger charge is -1.80. The van der Waals surface area contributed by atoms with Crippen molar-refractivity contribution in [1.29, 1.82) is 5.26 Å². The first kappa shape index (κ1) is 5.86. The summed E-state index contributed by atoms with van der Waals surface area (Å²) in [5.74, 6) is 0.264. The van der Waals surface area contributed by atoms with Crippen molar-refractivity contribution in [1.82, 2.24) is 9.97 Å². The Labute approximate surface area is 62.1 Å². The maximum Gasteiger partial charge on any atom is 0.206 e. The monoisotopic (exact) mass is 145 g/mol. The van der Waals surface area contributed by atoms with E-state index in [1.807, 2.05) is 6.07 Å². The average molecular weight is 145 g/mol. The van der Waals surface area contributed by atoms with E-state index in [-0.39, 0.29) is 5.76 Å². The molecule has 2 heterocycles. The van der Waals surface area contributed by atoms with E-state index in [9.17, 15) is 0 Å². The van der Waals surface area contributed by atoms with Crippen molar-refractivity contribution in [2.45, 2.75) is 0 Å². The molecular formula is C7H3N3O. The first-order valence-electron chi connectivity index (χ1n) is 3.00. The van der Waals surface area contributed by atoms with Crippen molar-refractivity contribution in [3.8, 4) is 6.07 Å². The van der Waals surface area contributed by atoms with Gasteiger partial charge in [-0.25, -0.2) is 9.97 Å². The minimum Gasteiger partial charge on any atom is -0.442 e. The molecule has 0 saturated heterocycles. The molecule has 0 amide bonds. The minimum atomic E-state index is 0.264. The number of fused-ring (bicyclic) bond motifs is 1. The van der Waals surface area contributed by atoms with E-state index < -0.39 is 0 Å². The van der Waals surface area contributed by atoms with E-state index >= 15 is 0 Å². The first-order chi connectivity index (χ1) is 5.40. The molecule has 0 fully saturated rings. The predicted molar refractivity (Wildman–Crippen MR) is 36.5 cm³/mol. The normalized spacial score (nSPS) is 9.73. The van der Waals surface area contributed by atoms with Gasteiger partial charge in [0.15, 0.2) is 5.58 Å². The molecular weight excluding hydrogens is 142 g/mol. The highest BCUT2D eigenvalue weighted by Crippen LogP contribution is 2.13. The molecule has 0 atom stereocenters. The second-order valence-electron chi connectivity index (χ2n) is 1.99. The van der Waals surface area contributed by atoms with Crippen molar-refractivity contribution >= 4 is 11.1 Å². The number of hydrogen-bond acceptors (Lipinski definition) is 4. The van der Waals surface area contributed by atoms with Crippen LogP contribution in [0.4, 0.5) is 0 Å². The van der Waals surface area contributed by atoms with Crippen LogP contribution >= 0.6 is 0 Å². The standard InChI is InChI=1S/C7H3N3O/c8-2-5-1-6-7(11-5)3-9-4-10-6/h1,3-4H. The Morgan fingerprint density at radius 2 is 2.45 bits per heavy atom. The fourth-order valence-corrected chi connectivity index (χ4v) is 0.841. The Bertz CT molecular complexity index is 393.